The molecule has 0 spiro atoms. The van der Waals surface area contributed by atoms with Crippen LogP contribution in [0.25, 0.3) is 0 Å². The molecular formula is C14H18N2O. The zero-order valence-electron chi connectivity index (χ0n) is 10.3. The molecule has 2 aromatic rings. The molecule has 0 radical (unpaired) electrons. The molecule has 0 fully saturated rings. The predicted molar refractivity (Wildman–Crippen MR) is 67.7 cm³/mol. The lowest BCUT2D eigenvalue weighted by Crippen LogP contribution is -2.15. The minimum Gasteiger partial charge on any atom is -0.361 e. The lowest BCUT2D eigenvalue weighted by Gasteiger charge is -2.10. The van der Waals surface area contributed by atoms with E-state index in [4.69, 9.17) is 10.3 Å². The van der Waals surface area contributed by atoms with Crippen LogP contribution < -0.4 is 5.73 Å². The topological polar surface area (TPSA) is 52.0 Å². The lowest BCUT2D eigenvalue weighted by atomic mass is 9.99. The molecule has 17 heavy (non-hydrogen) atoms. The summed E-state index contributed by atoms with van der Waals surface area (Å²) in [4.78, 5) is 0. The zero-order valence-corrected chi connectivity index (χ0v) is 10.3. The van der Waals surface area contributed by atoms with E-state index in [1.165, 1.54) is 5.56 Å². The number of rotatable bonds is 4. The Morgan fingerprint density at radius 1 is 1.29 bits per heavy atom. The fraction of sp³-hybridized carbons (Fsp3) is 0.357. The summed E-state index contributed by atoms with van der Waals surface area (Å²) < 4.78 is 5.22. The van der Waals surface area contributed by atoms with Gasteiger partial charge in [-0.2, -0.15) is 0 Å². The van der Waals surface area contributed by atoms with E-state index in [0.29, 0.717) is 0 Å². The van der Waals surface area contributed by atoms with Crippen molar-refractivity contribution < 1.29 is 4.52 Å². The summed E-state index contributed by atoms with van der Waals surface area (Å²) in [7, 11) is 0. The van der Waals surface area contributed by atoms with Crippen LogP contribution in [-0.4, -0.2) is 5.16 Å². The highest BCUT2D eigenvalue weighted by Gasteiger charge is 2.17. The van der Waals surface area contributed by atoms with Crippen LogP contribution in [0.5, 0.6) is 0 Å². The molecule has 1 aromatic carbocycles. The molecule has 1 heterocycles. The van der Waals surface area contributed by atoms with Gasteiger partial charge in [-0.1, -0.05) is 42.4 Å². The number of nitrogens with zero attached hydrogens (tertiary/aromatic N) is 1. The number of hydrogen-bond acceptors (Lipinski definition) is 3. The standard InChI is InChI=1S/C14H18N2O/c1-3-12-10(2)17-16-14(12)13(15)9-11-7-5-4-6-8-11/h4-8,13H,3,9,15H2,1-2H3/t13-/m1/s1. The van der Waals surface area contributed by atoms with Crippen molar-refractivity contribution in [1.29, 1.82) is 0 Å². The molecule has 2 N–H and O–H groups in total. The summed E-state index contributed by atoms with van der Waals surface area (Å²) in [6.07, 6.45) is 1.70. The Morgan fingerprint density at radius 2 is 2.00 bits per heavy atom. The highest BCUT2D eigenvalue weighted by atomic mass is 16.5. The third-order valence-corrected chi connectivity index (χ3v) is 3.02. The fourth-order valence-electron chi connectivity index (χ4n) is 2.09. The third-order valence-electron chi connectivity index (χ3n) is 3.02. The molecule has 0 saturated heterocycles. The predicted octanol–water partition coefficient (Wildman–Crippen LogP) is 2.79. The molecule has 2 rings (SSSR count). The molecular weight excluding hydrogens is 212 g/mol. The molecule has 1 atom stereocenters. The van der Waals surface area contributed by atoms with Gasteiger partial charge in [-0.15, -0.1) is 0 Å². The van der Waals surface area contributed by atoms with Crippen LogP contribution in [0, 0.1) is 6.92 Å². The van der Waals surface area contributed by atoms with Crippen LogP contribution in [0.15, 0.2) is 34.9 Å². The van der Waals surface area contributed by atoms with Gasteiger partial charge >= 0.3 is 0 Å². The summed E-state index contributed by atoms with van der Waals surface area (Å²) in [5, 5.41) is 4.08. The fourth-order valence-corrected chi connectivity index (χ4v) is 2.09. The normalized spacial score (nSPS) is 12.6. The van der Waals surface area contributed by atoms with E-state index >= 15 is 0 Å². The van der Waals surface area contributed by atoms with Crippen molar-refractivity contribution in [2.45, 2.75) is 32.7 Å². The highest BCUT2D eigenvalue weighted by Crippen LogP contribution is 2.22. The summed E-state index contributed by atoms with van der Waals surface area (Å²) >= 11 is 0. The van der Waals surface area contributed by atoms with Crippen molar-refractivity contribution in [3.05, 3.63) is 52.9 Å². The average molecular weight is 230 g/mol. The molecule has 0 bridgehead atoms. The van der Waals surface area contributed by atoms with Gasteiger partial charge in [0.25, 0.3) is 0 Å². The van der Waals surface area contributed by atoms with Gasteiger partial charge in [0.2, 0.25) is 0 Å². The highest BCUT2D eigenvalue weighted by molar-refractivity contribution is 5.27. The van der Waals surface area contributed by atoms with Crippen molar-refractivity contribution in [3.8, 4) is 0 Å². The maximum absolute atomic E-state index is 6.19. The minimum atomic E-state index is -0.0928. The molecule has 0 aliphatic heterocycles. The first-order valence-electron chi connectivity index (χ1n) is 5.97. The zero-order chi connectivity index (χ0) is 12.3. The second-order valence-electron chi connectivity index (χ2n) is 4.25. The smallest absolute Gasteiger partial charge is 0.137 e. The van der Waals surface area contributed by atoms with E-state index in [9.17, 15) is 0 Å². The molecule has 0 unspecified atom stereocenters. The third kappa shape index (κ3) is 2.56. The van der Waals surface area contributed by atoms with Crippen LogP contribution >= 0.6 is 0 Å². The van der Waals surface area contributed by atoms with Gasteiger partial charge in [0.05, 0.1) is 6.04 Å². The monoisotopic (exact) mass is 230 g/mol. The Balaban J connectivity index is 2.17. The Morgan fingerprint density at radius 3 is 2.65 bits per heavy atom. The molecule has 3 heteroatoms. The number of aromatic nitrogens is 1. The second kappa shape index (κ2) is 5.15. The van der Waals surface area contributed by atoms with Gasteiger partial charge < -0.3 is 10.3 Å². The Bertz CT molecular complexity index is 476. The largest absolute Gasteiger partial charge is 0.361 e. The Hall–Kier alpha value is -1.61. The van der Waals surface area contributed by atoms with E-state index < -0.39 is 0 Å². The van der Waals surface area contributed by atoms with Crippen molar-refractivity contribution in [2.24, 2.45) is 5.73 Å². The van der Waals surface area contributed by atoms with Crippen LogP contribution in [0.1, 0.15) is 35.5 Å². The van der Waals surface area contributed by atoms with Gasteiger partial charge in [0, 0.05) is 5.56 Å². The van der Waals surface area contributed by atoms with Crippen LogP contribution in [0.4, 0.5) is 0 Å². The Kier molecular flexibility index (Phi) is 3.59. The van der Waals surface area contributed by atoms with E-state index in [0.717, 1.165) is 29.9 Å². The number of hydrogen-bond donors (Lipinski definition) is 1. The molecule has 0 amide bonds. The Labute approximate surface area is 102 Å². The van der Waals surface area contributed by atoms with Crippen LogP contribution in [0.3, 0.4) is 0 Å². The number of aryl methyl sites for hydroxylation is 1. The summed E-state index contributed by atoms with van der Waals surface area (Å²) in [5.74, 6) is 0.881. The van der Waals surface area contributed by atoms with Crippen molar-refractivity contribution in [1.82, 2.24) is 5.16 Å². The maximum Gasteiger partial charge on any atom is 0.137 e. The van der Waals surface area contributed by atoms with Crippen LogP contribution in [0.2, 0.25) is 0 Å². The molecule has 0 saturated carbocycles. The van der Waals surface area contributed by atoms with Crippen LogP contribution in [-0.2, 0) is 12.8 Å². The maximum atomic E-state index is 6.19. The second-order valence-corrected chi connectivity index (χ2v) is 4.25. The summed E-state index contributed by atoms with van der Waals surface area (Å²) in [6.45, 7) is 4.03. The van der Waals surface area contributed by atoms with E-state index in [2.05, 4.69) is 24.2 Å². The quantitative estimate of drug-likeness (QED) is 0.878. The molecule has 90 valence electrons. The average Bonchev–Trinajstić information content (AvgIpc) is 2.71. The summed E-state index contributed by atoms with van der Waals surface area (Å²) in [5.41, 5.74) is 9.46. The van der Waals surface area contributed by atoms with E-state index in [1.54, 1.807) is 0 Å². The van der Waals surface area contributed by atoms with Crippen molar-refractivity contribution in [2.75, 3.05) is 0 Å². The molecule has 3 nitrogen and oxygen atoms in total. The number of benzene rings is 1. The van der Waals surface area contributed by atoms with Gasteiger partial charge in [-0.3, -0.25) is 0 Å². The lowest BCUT2D eigenvalue weighted by molar-refractivity contribution is 0.384. The molecule has 1 aromatic heterocycles. The van der Waals surface area contributed by atoms with Gasteiger partial charge in [0.1, 0.15) is 11.5 Å². The van der Waals surface area contributed by atoms with Crippen molar-refractivity contribution in [3.63, 3.8) is 0 Å². The first-order valence-corrected chi connectivity index (χ1v) is 5.97. The van der Waals surface area contributed by atoms with E-state index in [1.807, 2.05) is 25.1 Å². The van der Waals surface area contributed by atoms with Gasteiger partial charge in [-0.25, -0.2) is 0 Å². The van der Waals surface area contributed by atoms with Gasteiger partial charge in [0.15, 0.2) is 0 Å². The molecule has 0 aliphatic rings. The van der Waals surface area contributed by atoms with Gasteiger partial charge in [-0.05, 0) is 25.3 Å². The first kappa shape index (κ1) is 11.9. The van der Waals surface area contributed by atoms with Crippen molar-refractivity contribution >= 4 is 0 Å². The summed E-state index contributed by atoms with van der Waals surface area (Å²) in [6, 6.07) is 10.1. The molecule has 0 aliphatic carbocycles. The van der Waals surface area contributed by atoms with E-state index in [-0.39, 0.29) is 6.04 Å². The SMILES string of the molecule is CCc1c([C@H](N)Cc2ccccc2)noc1C. The minimum absolute atomic E-state index is 0.0928. The first-order chi connectivity index (χ1) is 8.22. The number of nitrogens with two attached hydrogens (primary N) is 1.